The number of hydrogen-bond acceptors (Lipinski definition) is 3. The van der Waals surface area contributed by atoms with Gasteiger partial charge in [0.2, 0.25) is 0 Å². The molecule has 68 valence electrons. The van der Waals surface area contributed by atoms with E-state index in [1.807, 2.05) is 0 Å². The molecule has 4 heteroatoms. The van der Waals surface area contributed by atoms with Gasteiger partial charge in [0, 0.05) is 19.4 Å². The maximum Gasteiger partial charge on any atom is 0.259 e. The number of rotatable bonds is 0. The van der Waals surface area contributed by atoms with Crippen LogP contribution in [0.15, 0.2) is 18.5 Å². The molecular formula is C9H10N2O2. The average Bonchev–Trinajstić information content (AvgIpc) is 2.29. The number of hydrogen-bond donors (Lipinski definition) is 0. The van der Waals surface area contributed by atoms with E-state index in [1.165, 1.54) is 0 Å². The quantitative estimate of drug-likeness (QED) is 0.582. The third-order valence-electron chi connectivity index (χ3n) is 2.04. The first-order valence-electron chi connectivity index (χ1n) is 4.11. The minimum atomic E-state index is -0.0272. The monoisotopic (exact) mass is 178 g/mol. The third kappa shape index (κ3) is 1.35. The van der Waals surface area contributed by atoms with Gasteiger partial charge in [0.05, 0.1) is 12.1 Å². The van der Waals surface area contributed by atoms with Gasteiger partial charge < -0.3 is 9.64 Å². The largest absolute Gasteiger partial charge is 0.491 e. The van der Waals surface area contributed by atoms with Crippen LogP contribution in [-0.2, 0) is 0 Å². The number of fused-ring (bicyclic) bond motifs is 1. The van der Waals surface area contributed by atoms with Crippen molar-refractivity contribution in [1.82, 2.24) is 9.88 Å². The van der Waals surface area contributed by atoms with Crippen LogP contribution < -0.4 is 4.74 Å². The molecule has 0 spiro atoms. The second-order valence-electron chi connectivity index (χ2n) is 2.95. The van der Waals surface area contributed by atoms with Gasteiger partial charge in [0.1, 0.15) is 12.4 Å². The molecular weight excluding hydrogens is 168 g/mol. The highest BCUT2D eigenvalue weighted by atomic mass is 16.5. The number of amides is 1. The molecule has 0 bridgehead atoms. The van der Waals surface area contributed by atoms with Crippen LogP contribution in [0.4, 0.5) is 0 Å². The van der Waals surface area contributed by atoms with Crippen molar-refractivity contribution in [2.45, 2.75) is 0 Å². The number of likely N-dealkylation sites (N-methyl/N-ethyl adjacent to an activating group) is 1. The molecule has 13 heavy (non-hydrogen) atoms. The molecule has 1 aromatic rings. The van der Waals surface area contributed by atoms with Crippen LogP contribution in [0.5, 0.6) is 5.75 Å². The van der Waals surface area contributed by atoms with Gasteiger partial charge in [-0.3, -0.25) is 9.78 Å². The summed E-state index contributed by atoms with van der Waals surface area (Å²) in [7, 11) is 1.76. The van der Waals surface area contributed by atoms with Crippen LogP contribution in [-0.4, -0.2) is 36.0 Å². The first-order chi connectivity index (χ1) is 6.29. The predicted molar refractivity (Wildman–Crippen MR) is 46.7 cm³/mol. The zero-order valence-electron chi connectivity index (χ0n) is 7.36. The lowest BCUT2D eigenvalue weighted by atomic mass is 10.2. The van der Waals surface area contributed by atoms with Crippen LogP contribution in [0.2, 0.25) is 0 Å². The fourth-order valence-corrected chi connectivity index (χ4v) is 1.27. The van der Waals surface area contributed by atoms with E-state index in [9.17, 15) is 4.79 Å². The molecule has 0 aliphatic carbocycles. The van der Waals surface area contributed by atoms with Gasteiger partial charge in [-0.25, -0.2) is 0 Å². The Bertz CT molecular complexity index is 338. The Kier molecular flexibility index (Phi) is 1.88. The molecule has 0 unspecified atom stereocenters. The Labute approximate surface area is 76.1 Å². The van der Waals surface area contributed by atoms with Crippen LogP contribution in [0.25, 0.3) is 0 Å². The van der Waals surface area contributed by atoms with E-state index in [1.54, 1.807) is 30.4 Å². The van der Waals surface area contributed by atoms with E-state index in [-0.39, 0.29) is 5.91 Å². The maximum atomic E-state index is 11.6. The SMILES string of the molecule is CN1CCOc2ccncc2C1=O. The smallest absolute Gasteiger partial charge is 0.259 e. The van der Waals surface area contributed by atoms with Gasteiger partial charge in [-0.1, -0.05) is 0 Å². The molecule has 1 aliphatic heterocycles. The summed E-state index contributed by atoms with van der Waals surface area (Å²) >= 11 is 0. The topological polar surface area (TPSA) is 42.4 Å². The van der Waals surface area contributed by atoms with Crippen molar-refractivity contribution in [3.05, 3.63) is 24.0 Å². The Balaban J connectivity index is 2.46. The summed E-state index contributed by atoms with van der Waals surface area (Å²) in [4.78, 5) is 17.2. The van der Waals surface area contributed by atoms with Crippen molar-refractivity contribution in [1.29, 1.82) is 0 Å². The Morgan fingerprint density at radius 3 is 3.31 bits per heavy atom. The Morgan fingerprint density at radius 1 is 1.62 bits per heavy atom. The van der Waals surface area contributed by atoms with Crippen LogP contribution >= 0.6 is 0 Å². The van der Waals surface area contributed by atoms with Gasteiger partial charge in [-0.15, -0.1) is 0 Å². The molecule has 0 saturated carbocycles. The number of aromatic nitrogens is 1. The van der Waals surface area contributed by atoms with Crippen LogP contribution in [0.1, 0.15) is 10.4 Å². The molecule has 1 amide bonds. The molecule has 2 rings (SSSR count). The molecule has 1 aromatic heterocycles. The summed E-state index contributed by atoms with van der Waals surface area (Å²) in [6, 6.07) is 1.71. The number of carbonyl (C=O) groups excluding carboxylic acids is 1. The number of nitrogens with zero attached hydrogens (tertiary/aromatic N) is 2. The number of ether oxygens (including phenoxy) is 1. The third-order valence-corrected chi connectivity index (χ3v) is 2.04. The van der Waals surface area contributed by atoms with Crippen molar-refractivity contribution >= 4 is 5.91 Å². The molecule has 0 saturated heterocycles. The van der Waals surface area contributed by atoms with E-state index < -0.39 is 0 Å². The molecule has 2 heterocycles. The lowest BCUT2D eigenvalue weighted by Gasteiger charge is -2.11. The molecule has 4 nitrogen and oxygen atoms in total. The van der Waals surface area contributed by atoms with Gasteiger partial charge in [-0.2, -0.15) is 0 Å². The van der Waals surface area contributed by atoms with E-state index in [0.29, 0.717) is 24.5 Å². The minimum absolute atomic E-state index is 0.0272. The first kappa shape index (κ1) is 8.04. The summed E-state index contributed by atoms with van der Waals surface area (Å²) in [6.07, 6.45) is 3.16. The van der Waals surface area contributed by atoms with Crippen molar-refractivity contribution < 1.29 is 9.53 Å². The van der Waals surface area contributed by atoms with Crippen molar-refractivity contribution in [2.75, 3.05) is 20.2 Å². The molecule has 0 radical (unpaired) electrons. The highest BCUT2D eigenvalue weighted by molar-refractivity contribution is 5.96. The zero-order chi connectivity index (χ0) is 9.26. The maximum absolute atomic E-state index is 11.6. The highest BCUT2D eigenvalue weighted by Crippen LogP contribution is 2.20. The van der Waals surface area contributed by atoms with Crippen LogP contribution in [0, 0.1) is 0 Å². The van der Waals surface area contributed by atoms with Gasteiger partial charge >= 0.3 is 0 Å². The molecule has 0 aromatic carbocycles. The average molecular weight is 178 g/mol. The molecule has 1 aliphatic rings. The van der Waals surface area contributed by atoms with Crippen molar-refractivity contribution in [3.63, 3.8) is 0 Å². The van der Waals surface area contributed by atoms with Crippen molar-refractivity contribution in [2.24, 2.45) is 0 Å². The standard InChI is InChI=1S/C9H10N2O2/c1-11-4-5-13-8-2-3-10-6-7(8)9(11)12/h2-3,6H,4-5H2,1H3. The normalized spacial score (nSPS) is 16.1. The second-order valence-corrected chi connectivity index (χ2v) is 2.95. The lowest BCUT2D eigenvalue weighted by Crippen LogP contribution is -2.27. The molecule has 0 fully saturated rings. The predicted octanol–water partition coefficient (Wildman–Crippen LogP) is 0.546. The Morgan fingerprint density at radius 2 is 2.46 bits per heavy atom. The lowest BCUT2D eigenvalue weighted by molar-refractivity contribution is 0.0796. The van der Waals surface area contributed by atoms with E-state index in [4.69, 9.17) is 4.74 Å². The number of pyridine rings is 1. The van der Waals surface area contributed by atoms with E-state index in [0.717, 1.165) is 0 Å². The zero-order valence-corrected chi connectivity index (χ0v) is 7.36. The number of carbonyl (C=O) groups is 1. The second kappa shape index (κ2) is 3.05. The van der Waals surface area contributed by atoms with E-state index >= 15 is 0 Å². The summed E-state index contributed by atoms with van der Waals surface area (Å²) < 4.78 is 5.39. The first-order valence-corrected chi connectivity index (χ1v) is 4.11. The Hall–Kier alpha value is -1.58. The fourth-order valence-electron chi connectivity index (χ4n) is 1.27. The molecule has 0 N–H and O–H groups in total. The highest BCUT2D eigenvalue weighted by Gasteiger charge is 2.20. The van der Waals surface area contributed by atoms with Crippen molar-refractivity contribution in [3.8, 4) is 5.75 Å². The van der Waals surface area contributed by atoms with E-state index in [2.05, 4.69) is 4.98 Å². The summed E-state index contributed by atoms with van der Waals surface area (Å²) in [5.41, 5.74) is 0.544. The summed E-state index contributed by atoms with van der Waals surface area (Å²) in [6.45, 7) is 1.16. The minimum Gasteiger partial charge on any atom is -0.491 e. The fraction of sp³-hybridized carbons (Fsp3) is 0.333. The summed E-state index contributed by atoms with van der Waals surface area (Å²) in [5.74, 6) is 0.602. The van der Waals surface area contributed by atoms with Gasteiger partial charge in [0.15, 0.2) is 0 Å². The molecule has 0 atom stereocenters. The summed E-state index contributed by atoms with van der Waals surface area (Å²) in [5, 5.41) is 0. The van der Waals surface area contributed by atoms with Crippen LogP contribution in [0.3, 0.4) is 0 Å². The van der Waals surface area contributed by atoms with Gasteiger partial charge in [-0.05, 0) is 6.07 Å². The van der Waals surface area contributed by atoms with Gasteiger partial charge in [0.25, 0.3) is 5.91 Å².